The monoisotopic (exact) mass is 1320 g/mol. The smallest absolute Gasteiger partial charge is 0.217 e. The molecule has 4 amide bonds. The van der Waals surface area contributed by atoms with Gasteiger partial charge in [0.15, 0.2) is 44.0 Å². The number of ether oxygens (including phenoxy) is 13. The van der Waals surface area contributed by atoms with Gasteiger partial charge in [0, 0.05) is 27.7 Å². The van der Waals surface area contributed by atoms with Gasteiger partial charge in [-0.05, 0) is 0 Å². The molecule has 0 aromatic carbocycles. The fourth-order valence-electron chi connectivity index (χ4n) is 11.5. The van der Waals surface area contributed by atoms with E-state index in [0.29, 0.717) is 0 Å². The lowest BCUT2D eigenvalue weighted by atomic mass is 9.94. The van der Waals surface area contributed by atoms with Crippen molar-refractivity contribution in [2.45, 2.75) is 242 Å². The van der Waals surface area contributed by atoms with E-state index in [4.69, 9.17) is 61.6 Å². The maximum absolute atomic E-state index is 12.7. The summed E-state index contributed by atoms with van der Waals surface area (Å²) in [7, 11) is 0. The first-order valence-electron chi connectivity index (χ1n) is 28.6. The lowest BCUT2D eigenvalue weighted by Crippen LogP contribution is -2.71. The van der Waals surface area contributed by atoms with E-state index in [1.807, 2.05) is 0 Å². The molecule has 520 valence electrons. The van der Waals surface area contributed by atoms with Crippen LogP contribution in [0.1, 0.15) is 27.7 Å². The van der Waals surface area contributed by atoms with Crippen molar-refractivity contribution in [2.24, 2.45) is 0 Å². The van der Waals surface area contributed by atoms with Gasteiger partial charge in [-0.1, -0.05) is 0 Å². The van der Waals surface area contributed by atoms with E-state index in [2.05, 4.69) is 21.3 Å². The quantitative estimate of drug-likeness (QED) is 0.0452. The van der Waals surface area contributed by atoms with Crippen LogP contribution in [0.15, 0.2) is 0 Å². The Morgan fingerprint density at radius 1 is 0.289 bits per heavy atom. The Labute approximate surface area is 510 Å². The third kappa shape index (κ3) is 16.4. The van der Waals surface area contributed by atoms with E-state index < -0.39 is 285 Å². The summed E-state index contributed by atoms with van der Waals surface area (Å²) < 4.78 is 78.0. The molecule has 7 fully saturated rings. The molecule has 7 saturated heterocycles. The zero-order valence-corrected chi connectivity index (χ0v) is 48.6. The molecule has 7 aliphatic heterocycles. The zero-order chi connectivity index (χ0) is 66.5. The van der Waals surface area contributed by atoms with Crippen molar-refractivity contribution in [3.8, 4) is 0 Å². The maximum Gasteiger partial charge on any atom is 0.217 e. The minimum atomic E-state index is -2.48. The summed E-state index contributed by atoms with van der Waals surface area (Å²) in [6.07, 6.45) is -63.0. The molecule has 0 aromatic heterocycles. The van der Waals surface area contributed by atoms with Crippen LogP contribution in [0.3, 0.4) is 0 Å². The molecule has 0 saturated carbocycles. The Kier molecular flexibility index (Phi) is 26.6. The molecule has 7 rings (SSSR count). The van der Waals surface area contributed by atoms with Gasteiger partial charge in [0.1, 0.15) is 171 Å². The predicted octanol–water partition coefficient (Wildman–Crippen LogP) is -15.7. The van der Waals surface area contributed by atoms with Crippen LogP contribution in [-0.4, -0.2) is 382 Å². The first-order valence-corrected chi connectivity index (χ1v) is 28.6. The molecule has 0 spiro atoms. The van der Waals surface area contributed by atoms with Crippen LogP contribution in [0.5, 0.6) is 0 Å². The second-order valence-electron chi connectivity index (χ2n) is 22.5. The van der Waals surface area contributed by atoms with Gasteiger partial charge in [0.05, 0.1) is 46.2 Å². The highest BCUT2D eigenvalue weighted by molar-refractivity contribution is 5.74. The molecule has 40 nitrogen and oxygen atoms in total. The number of rotatable bonds is 23. The van der Waals surface area contributed by atoms with Gasteiger partial charge in [0.2, 0.25) is 23.6 Å². The normalized spacial score (nSPS) is 47.6. The highest BCUT2D eigenvalue weighted by atomic mass is 16.8. The second-order valence-corrected chi connectivity index (χ2v) is 22.5. The minimum Gasteiger partial charge on any atom is -0.394 e. The van der Waals surface area contributed by atoms with E-state index >= 15 is 0 Å². The van der Waals surface area contributed by atoms with Crippen molar-refractivity contribution in [3.63, 3.8) is 0 Å². The maximum atomic E-state index is 12.7. The minimum absolute atomic E-state index is 0.811. The summed E-state index contributed by atoms with van der Waals surface area (Å²) in [6, 6.07) is -7.06. The van der Waals surface area contributed by atoms with Gasteiger partial charge in [-0.2, -0.15) is 0 Å². The van der Waals surface area contributed by atoms with E-state index in [0.717, 1.165) is 27.7 Å². The highest BCUT2D eigenvalue weighted by Gasteiger charge is 2.60. The lowest BCUT2D eigenvalue weighted by molar-refractivity contribution is -0.404. The van der Waals surface area contributed by atoms with Crippen LogP contribution in [0, 0.1) is 0 Å². The summed E-state index contributed by atoms with van der Waals surface area (Å²) in [5.41, 5.74) is 0. The van der Waals surface area contributed by atoms with Crippen molar-refractivity contribution in [1.82, 2.24) is 21.3 Å². The molecule has 35 atom stereocenters. The molecule has 0 bridgehead atoms. The van der Waals surface area contributed by atoms with Crippen molar-refractivity contribution in [1.29, 1.82) is 0 Å². The molecule has 0 radical (unpaired) electrons. The topological polar surface area (TPSA) is 621 Å². The lowest BCUT2D eigenvalue weighted by Gasteiger charge is -2.52. The van der Waals surface area contributed by atoms with Gasteiger partial charge in [-0.3, -0.25) is 19.2 Å². The van der Waals surface area contributed by atoms with E-state index in [1.165, 1.54) is 0 Å². The molecule has 0 unspecified atom stereocenters. The van der Waals surface area contributed by atoms with Crippen LogP contribution in [0.25, 0.3) is 0 Å². The van der Waals surface area contributed by atoms with Crippen molar-refractivity contribution in [3.05, 3.63) is 0 Å². The molecule has 90 heavy (non-hydrogen) atoms. The molecular formula is C50H84N4O36. The second kappa shape index (κ2) is 32.4. The third-order valence-electron chi connectivity index (χ3n) is 16.1. The number of nitrogens with one attached hydrogen (secondary N) is 4. The first-order chi connectivity index (χ1) is 42.5. The third-order valence-corrected chi connectivity index (χ3v) is 16.1. The van der Waals surface area contributed by atoms with E-state index in [9.17, 15) is 116 Å². The number of aliphatic hydroxyl groups excluding tert-OH is 19. The highest BCUT2D eigenvalue weighted by Crippen LogP contribution is 2.39. The largest absolute Gasteiger partial charge is 0.394 e. The summed E-state index contributed by atoms with van der Waals surface area (Å²) in [6.45, 7) is -3.33. The number of hydrogen-bond acceptors (Lipinski definition) is 36. The van der Waals surface area contributed by atoms with Crippen LogP contribution in [-0.2, 0) is 80.8 Å². The summed E-state index contributed by atoms with van der Waals surface area (Å²) >= 11 is 0. The van der Waals surface area contributed by atoms with Crippen LogP contribution in [0.4, 0.5) is 0 Å². The number of amides is 4. The van der Waals surface area contributed by atoms with Gasteiger partial charge >= 0.3 is 0 Å². The van der Waals surface area contributed by atoms with Crippen LogP contribution < -0.4 is 21.3 Å². The Bertz CT molecular complexity index is 2310. The Hall–Kier alpha value is -3.40. The van der Waals surface area contributed by atoms with Crippen molar-refractivity contribution < 1.29 is 178 Å². The Morgan fingerprint density at radius 3 is 0.900 bits per heavy atom. The van der Waals surface area contributed by atoms with E-state index in [-0.39, 0.29) is 0 Å². The molecule has 40 heteroatoms. The molecule has 23 N–H and O–H groups in total. The standard InChI is InChI=1S/C50H84N4O36/c1-12(61)51-23-32(70)27(65)16(5-55)80-45(23)86-39-21(10-60)85-50(43(37(39)75)90-48-26(54-15(4)64)35(73)30(68)19(8-58)83-48)88-41-38(76)44(77)79-22(40(41)87-46-24(52-13(2)62)33(71)28(66)17(6-56)81-46)11-78-49-42(36(74)31(69)20(9-59)84-49)89-47-25(53-14(3)63)34(72)29(67)18(7-57)82-47/h16-50,55-60,65-77H,5-11H2,1-4H3,(H,51,61)(H,52,62)(H,53,63)(H,54,64)/t16-,17-,18-,19-,20-,21-,22-,23-,24-,25-,26+,27-,28-,29-,30-,31-,32-,33-,34-,35-,36+,37+,38+,39-,40-,41-,42+,43+,44-,45+,46+,47+,48+,49+,50-/m1/s1. The van der Waals surface area contributed by atoms with E-state index in [1.54, 1.807) is 0 Å². The number of carbonyl (C=O) groups is 4. The summed E-state index contributed by atoms with van der Waals surface area (Å²) in [4.78, 5) is 50.0. The Balaban J connectivity index is 1.31. The van der Waals surface area contributed by atoms with Gasteiger partial charge < -0.3 is 180 Å². The van der Waals surface area contributed by atoms with Crippen LogP contribution in [0.2, 0.25) is 0 Å². The van der Waals surface area contributed by atoms with Gasteiger partial charge in [-0.15, -0.1) is 0 Å². The fourth-order valence-corrected chi connectivity index (χ4v) is 11.5. The Morgan fingerprint density at radius 2 is 0.567 bits per heavy atom. The average Bonchev–Trinajstić information content (AvgIpc) is 0.913. The SMILES string of the molecule is CC(=O)N[C@@H]1[C@H](O[C@@H]2[C@@H](O[C@@H]3[C@H](O)[C@H](O)O[C@H](CO[C@H]4O[C@H](CO)[C@@H](O)[C@H](O)[C@@H]4O[C@@H]4O[C@H](CO)[C@@H](O)[C@H](O)[C@H]4NC(C)=O)[C@H]3O[C@@H]3O[C@H](CO)[C@@H](O)[C@H](O)[C@H]3NC(C)=O)O[C@H](CO)[C@@H](O[C@@H]3O[C@H](CO)[C@@H](O)[C@H](O)[C@H]3NC(C)=O)[C@@H]2O)O[C@H](CO)[C@@H](O)[C@@H]1O. The van der Waals surface area contributed by atoms with Crippen molar-refractivity contribution >= 4 is 23.6 Å². The van der Waals surface area contributed by atoms with Gasteiger partial charge in [0.25, 0.3) is 0 Å². The molecular weight excluding hydrogens is 1230 g/mol. The number of aliphatic hydroxyl groups is 19. The predicted molar refractivity (Wildman–Crippen MR) is 278 cm³/mol. The number of carbonyl (C=O) groups excluding carboxylic acids is 4. The molecule has 7 aliphatic rings. The first kappa shape index (κ1) is 74.0. The van der Waals surface area contributed by atoms with Crippen LogP contribution >= 0.6 is 0 Å². The average molecular weight is 1320 g/mol. The fraction of sp³-hybridized carbons (Fsp3) is 0.920. The van der Waals surface area contributed by atoms with Gasteiger partial charge in [-0.25, -0.2) is 0 Å². The summed E-state index contributed by atoms with van der Waals surface area (Å²) in [5.74, 6) is -3.41. The molecule has 0 aromatic rings. The van der Waals surface area contributed by atoms with Crippen molar-refractivity contribution in [2.75, 3.05) is 46.2 Å². The number of hydrogen-bond donors (Lipinski definition) is 23. The summed E-state index contributed by atoms with van der Waals surface area (Å²) in [5, 5.41) is 218. The molecule has 7 heterocycles. The zero-order valence-electron chi connectivity index (χ0n) is 48.6. The molecule has 0 aliphatic carbocycles.